The van der Waals surface area contributed by atoms with E-state index < -0.39 is 37.7 Å². The summed E-state index contributed by atoms with van der Waals surface area (Å²) in [4.78, 5) is 20.0. The van der Waals surface area contributed by atoms with Crippen molar-refractivity contribution in [1.29, 1.82) is 0 Å². The highest BCUT2D eigenvalue weighted by molar-refractivity contribution is 7.89. The molecule has 0 saturated heterocycles. The molecule has 0 heterocycles. The molecular weight excluding hydrogens is 302 g/mol. The van der Waals surface area contributed by atoms with Gasteiger partial charge in [0.1, 0.15) is 0 Å². The summed E-state index contributed by atoms with van der Waals surface area (Å²) in [6.07, 6.45) is -0.990. The molecule has 1 aromatic rings. The Balaban J connectivity index is 2.75. The lowest BCUT2D eigenvalue weighted by molar-refractivity contribution is -0.387. The standard InChI is InChI=1S/C11H15N3O6S/c1-8(13-11(15)16)6-7-12-21(19,20)10-5-3-2-4-9(10)14(17)18/h2-5,8,12-13H,6-7H2,1H3,(H,15,16). The van der Waals surface area contributed by atoms with Crippen LogP contribution in [0.15, 0.2) is 29.2 Å². The first-order valence-corrected chi connectivity index (χ1v) is 7.45. The molecule has 3 N–H and O–H groups in total. The SMILES string of the molecule is CC(CCNS(=O)(=O)c1ccccc1[N+](=O)[O-])NC(=O)O. The van der Waals surface area contributed by atoms with Gasteiger partial charge >= 0.3 is 6.09 Å². The van der Waals surface area contributed by atoms with E-state index in [1.54, 1.807) is 6.92 Å². The van der Waals surface area contributed by atoms with E-state index in [2.05, 4.69) is 10.0 Å². The molecule has 1 rings (SSSR count). The van der Waals surface area contributed by atoms with Crippen molar-refractivity contribution in [3.05, 3.63) is 34.4 Å². The summed E-state index contributed by atoms with van der Waals surface area (Å²) >= 11 is 0. The van der Waals surface area contributed by atoms with Crippen LogP contribution in [0.1, 0.15) is 13.3 Å². The van der Waals surface area contributed by atoms with Gasteiger partial charge in [-0.3, -0.25) is 10.1 Å². The molecule has 1 amide bonds. The van der Waals surface area contributed by atoms with E-state index in [1.165, 1.54) is 12.1 Å². The molecule has 1 aromatic carbocycles. The van der Waals surface area contributed by atoms with Gasteiger partial charge in [-0.25, -0.2) is 17.9 Å². The Morgan fingerprint density at radius 1 is 1.43 bits per heavy atom. The number of rotatable bonds is 7. The molecule has 116 valence electrons. The van der Waals surface area contributed by atoms with E-state index in [-0.39, 0.29) is 13.0 Å². The van der Waals surface area contributed by atoms with Gasteiger partial charge in [-0.05, 0) is 19.4 Å². The number of carbonyl (C=O) groups is 1. The number of carboxylic acid groups (broad SMARTS) is 1. The Morgan fingerprint density at radius 2 is 2.05 bits per heavy atom. The Kier molecular flexibility index (Phi) is 5.61. The summed E-state index contributed by atoms with van der Waals surface area (Å²) in [5, 5.41) is 21.5. The minimum Gasteiger partial charge on any atom is -0.465 e. The van der Waals surface area contributed by atoms with E-state index in [0.29, 0.717) is 0 Å². The van der Waals surface area contributed by atoms with Gasteiger partial charge in [0.2, 0.25) is 10.0 Å². The molecule has 0 fully saturated rings. The van der Waals surface area contributed by atoms with Crippen molar-refractivity contribution in [3.63, 3.8) is 0 Å². The van der Waals surface area contributed by atoms with Crippen LogP contribution in [0.3, 0.4) is 0 Å². The molecule has 1 unspecified atom stereocenters. The fourth-order valence-electron chi connectivity index (χ4n) is 1.61. The molecule has 1 atom stereocenters. The Hall–Kier alpha value is -2.20. The van der Waals surface area contributed by atoms with Crippen molar-refractivity contribution in [2.75, 3.05) is 6.54 Å². The smallest absolute Gasteiger partial charge is 0.404 e. The molecule has 0 spiro atoms. The third-order valence-corrected chi connectivity index (χ3v) is 4.10. The van der Waals surface area contributed by atoms with Crippen LogP contribution in [-0.4, -0.2) is 37.1 Å². The van der Waals surface area contributed by atoms with Gasteiger partial charge in [-0.15, -0.1) is 0 Å². The first-order chi connectivity index (χ1) is 9.74. The normalized spacial score (nSPS) is 12.6. The van der Waals surface area contributed by atoms with Gasteiger partial charge in [-0.2, -0.15) is 0 Å². The van der Waals surface area contributed by atoms with Crippen LogP contribution >= 0.6 is 0 Å². The average Bonchev–Trinajstić information content (AvgIpc) is 2.37. The van der Waals surface area contributed by atoms with Crippen LogP contribution in [-0.2, 0) is 10.0 Å². The first kappa shape index (κ1) is 16.9. The molecule has 0 saturated carbocycles. The lowest BCUT2D eigenvalue weighted by Crippen LogP contribution is -2.35. The van der Waals surface area contributed by atoms with Gasteiger partial charge in [0.05, 0.1) is 4.92 Å². The van der Waals surface area contributed by atoms with Gasteiger partial charge in [-0.1, -0.05) is 12.1 Å². The highest BCUT2D eigenvalue weighted by atomic mass is 32.2. The molecule has 0 bridgehead atoms. The maximum atomic E-state index is 12.0. The van der Waals surface area contributed by atoms with Crippen molar-refractivity contribution in [2.45, 2.75) is 24.3 Å². The monoisotopic (exact) mass is 317 g/mol. The molecule has 0 aliphatic carbocycles. The van der Waals surface area contributed by atoms with Crippen molar-refractivity contribution in [3.8, 4) is 0 Å². The van der Waals surface area contributed by atoms with E-state index >= 15 is 0 Å². The molecule has 0 radical (unpaired) electrons. The Labute approximate surface area is 121 Å². The third-order valence-electron chi connectivity index (χ3n) is 2.59. The van der Waals surface area contributed by atoms with Crippen LogP contribution in [0.4, 0.5) is 10.5 Å². The number of sulfonamides is 1. The number of nitrogens with one attached hydrogen (secondary N) is 2. The second kappa shape index (κ2) is 6.99. The Morgan fingerprint density at radius 3 is 2.62 bits per heavy atom. The van der Waals surface area contributed by atoms with Gasteiger partial charge in [0.25, 0.3) is 5.69 Å². The quantitative estimate of drug-likeness (QED) is 0.505. The molecule has 0 aliphatic rings. The van der Waals surface area contributed by atoms with Crippen LogP contribution in [0.2, 0.25) is 0 Å². The van der Waals surface area contributed by atoms with E-state index in [9.17, 15) is 23.3 Å². The van der Waals surface area contributed by atoms with Crippen molar-refractivity contribution in [2.24, 2.45) is 0 Å². The topological polar surface area (TPSA) is 139 Å². The second-order valence-corrected chi connectivity index (χ2v) is 6.00. The average molecular weight is 317 g/mol. The maximum Gasteiger partial charge on any atom is 0.404 e. The molecule has 10 heteroatoms. The highest BCUT2D eigenvalue weighted by Gasteiger charge is 2.24. The number of nitrogens with zero attached hydrogens (tertiary/aromatic N) is 1. The number of nitro groups is 1. The third kappa shape index (κ3) is 5.00. The lowest BCUT2D eigenvalue weighted by atomic mass is 10.2. The summed E-state index contributed by atoms with van der Waals surface area (Å²) < 4.78 is 26.2. The fourth-order valence-corrected chi connectivity index (χ4v) is 2.82. The molecular formula is C11H15N3O6S. The molecule has 21 heavy (non-hydrogen) atoms. The Bertz CT molecular complexity index is 631. The highest BCUT2D eigenvalue weighted by Crippen LogP contribution is 2.22. The zero-order valence-electron chi connectivity index (χ0n) is 11.1. The number of benzene rings is 1. The summed E-state index contributed by atoms with van der Waals surface area (Å²) in [7, 11) is -4.03. The van der Waals surface area contributed by atoms with Gasteiger partial charge in [0, 0.05) is 18.7 Å². The van der Waals surface area contributed by atoms with E-state index in [1.807, 2.05) is 0 Å². The summed E-state index contributed by atoms with van der Waals surface area (Å²) in [5.41, 5.74) is -0.512. The molecule has 0 aliphatic heterocycles. The summed E-state index contributed by atoms with van der Waals surface area (Å²) in [5.74, 6) is 0. The van der Waals surface area contributed by atoms with Crippen molar-refractivity contribution in [1.82, 2.24) is 10.0 Å². The second-order valence-electron chi connectivity index (χ2n) is 4.26. The summed E-state index contributed by atoms with van der Waals surface area (Å²) in [6.45, 7) is 1.53. The molecule has 0 aromatic heterocycles. The van der Waals surface area contributed by atoms with E-state index in [0.717, 1.165) is 12.1 Å². The zero-order chi connectivity index (χ0) is 16.0. The summed E-state index contributed by atoms with van der Waals surface area (Å²) in [6, 6.07) is 4.55. The molecule has 9 nitrogen and oxygen atoms in total. The van der Waals surface area contributed by atoms with Crippen LogP contribution in [0.5, 0.6) is 0 Å². The first-order valence-electron chi connectivity index (χ1n) is 5.96. The number of amides is 1. The van der Waals surface area contributed by atoms with Crippen molar-refractivity contribution >= 4 is 21.8 Å². The minimum absolute atomic E-state index is 0.0458. The lowest BCUT2D eigenvalue weighted by Gasteiger charge is -2.12. The maximum absolute atomic E-state index is 12.0. The minimum atomic E-state index is -4.03. The van der Waals surface area contributed by atoms with Crippen LogP contribution in [0.25, 0.3) is 0 Å². The number of para-hydroxylation sites is 1. The fraction of sp³-hybridized carbons (Fsp3) is 0.364. The van der Waals surface area contributed by atoms with Gasteiger partial charge < -0.3 is 10.4 Å². The van der Waals surface area contributed by atoms with Crippen LogP contribution < -0.4 is 10.0 Å². The van der Waals surface area contributed by atoms with E-state index in [4.69, 9.17) is 5.11 Å². The van der Waals surface area contributed by atoms with Crippen LogP contribution in [0, 0.1) is 10.1 Å². The number of hydrogen-bond donors (Lipinski definition) is 3. The van der Waals surface area contributed by atoms with Crippen molar-refractivity contribution < 1.29 is 23.2 Å². The predicted octanol–water partition coefficient (Wildman–Crippen LogP) is 0.919. The number of hydrogen-bond acceptors (Lipinski definition) is 5. The largest absolute Gasteiger partial charge is 0.465 e. The predicted molar refractivity (Wildman–Crippen MR) is 73.5 cm³/mol. The zero-order valence-corrected chi connectivity index (χ0v) is 12.0. The van der Waals surface area contributed by atoms with Gasteiger partial charge in [0.15, 0.2) is 4.90 Å². The number of nitro benzene ring substituents is 1.